The molecule has 0 fully saturated rings. The van der Waals surface area contributed by atoms with Crippen molar-refractivity contribution in [2.24, 2.45) is 0 Å². The van der Waals surface area contributed by atoms with Crippen molar-refractivity contribution >= 4 is 23.5 Å². The van der Waals surface area contributed by atoms with Crippen molar-refractivity contribution < 1.29 is 38.5 Å². The van der Waals surface area contributed by atoms with Gasteiger partial charge in [0.05, 0.1) is 29.0 Å². The number of aromatic carboxylic acids is 1. The summed E-state index contributed by atoms with van der Waals surface area (Å²) in [5.74, 6) is -5.16. The SMILES string of the molecule is O=C(O)c1ccc(-c2ccc(F)c(F)c2)cc1N1C(=O)c2ccc(C(O)CO)cc2C1=O. The molecule has 162 valence electrons. The monoisotopic (exact) mass is 439 g/mol. The van der Waals surface area contributed by atoms with Gasteiger partial charge in [0.1, 0.15) is 6.10 Å². The molecule has 0 radical (unpaired) electrons. The van der Waals surface area contributed by atoms with Crippen molar-refractivity contribution in [2.75, 3.05) is 11.5 Å². The fraction of sp³-hybridized carbons (Fsp3) is 0.0870. The maximum absolute atomic E-state index is 13.7. The predicted molar refractivity (Wildman–Crippen MR) is 108 cm³/mol. The van der Waals surface area contributed by atoms with Gasteiger partial charge in [-0.15, -0.1) is 0 Å². The van der Waals surface area contributed by atoms with Gasteiger partial charge in [-0.05, 0) is 53.1 Å². The van der Waals surface area contributed by atoms with Crippen molar-refractivity contribution in [2.45, 2.75) is 6.10 Å². The second-order valence-electron chi connectivity index (χ2n) is 7.12. The molecule has 3 aromatic carbocycles. The lowest BCUT2D eigenvalue weighted by atomic mass is 10.0. The number of benzene rings is 3. The van der Waals surface area contributed by atoms with Crippen LogP contribution >= 0.6 is 0 Å². The Labute approximate surface area is 179 Å². The van der Waals surface area contributed by atoms with E-state index < -0.39 is 42.1 Å². The van der Waals surface area contributed by atoms with E-state index in [-0.39, 0.29) is 39.1 Å². The number of carboxylic acid groups (broad SMARTS) is 1. The summed E-state index contributed by atoms with van der Waals surface area (Å²) in [6.45, 7) is -0.593. The molecule has 0 saturated carbocycles. The number of rotatable bonds is 5. The number of aliphatic hydroxyl groups is 2. The quantitative estimate of drug-likeness (QED) is 0.526. The highest BCUT2D eigenvalue weighted by atomic mass is 19.2. The van der Waals surface area contributed by atoms with E-state index in [0.29, 0.717) is 4.90 Å². The Bertz CT molecular complexity index is 1290. The average molecular weight is 439 g/mol. The van der Waals surface area contributed by atoms with E-state index >= 15 is 0 Å². The van der Waals surface area contributed by atoms with Gasteiger partial charge >= 0.3 is 5.97 Å². The van der Waals surface area contributed by atoms with Gasteiger partial charge < -0.3 is 15.3 Å². The number of carboxylic acids is 1. The minimum atomic E-state index is -1.40. The van der Waals surface area contributed by atoms with Crippen molar-refractivity contribution in [3.8, 4) is 11.1 Å². The van der Waals surface area contributed by atoms with Crippen LogP contribution in [0.2, 0.25) is 0 Å². The van der Waals surface area contributed by atoms with Crippen LogP contribution in [0.4, 0.5) is 14.5 Å². The summed E-state index contributed by atoms with van der Waals surface area (Å²) in [5, 5.41) is 28.5. The number of halogens is 2. The normalized spacial score (nSPS) is 13.9. The summed E-state index contributed by atoms with van der Waals surface area (Å²) >= 11 is 0. The highest BCUT2D eigenvalue weighted by Gasteiger charge is 2.39. The van der Waals surface area contributed by atoms with Gasteiger partial charge in [0.25, 0.3) is 11.8 Å². The number of fused-ring (bicyclic) bond motifs is 1. The molecule has 1 aliphatic heterocycles. The molecule has 32 heavy (non-hydrogen) atoms. The third-order valence-electron chi connectivity index (χ3n) is 5.19. The summed E-state index contributed by atoms with van der Waals surface area (Å²) in [6.07, 6.45) is -1.26. The van der Waals surface area contributed by atoms with Crippen LogP contribution in [0.3, 0.4) is 0 Å². The molecule has 0 aliphatic carbocycles. The van der Waals surface area contributed by atoms with Gasteiger partial charge in [-0.1, -0.05) is 18.2 Å². The first-order chi connectivity index (χ1) is 15.2. The lowest BCUT2D eigenvalue weighted by Gasteiger charge is -2.18. The molecule has 7 nitrogen and oxygen atoms in total. The van der Waals surface area contributed by atoms with E-state index in [4.69, 9.17) is 5.11 Å². The molecule has 3 N–H and O–H groups in total. The number of hydrogen-bond donors (Lipinski definition) is 3. The van der Waals surface area contributed by atoms with Crippen LogP contribution < -0.4 is 4.90 Å². The minimum Gasteiger partial charge on any atom is -0.478 e. The maximum atomic E-state index is 13.7. The van der Waals surface area contributed by atoms with Crippen molar-refractivity contribution in [3.63, 3.8) is 0 Å². The molecule has 9 heteroatoms. The second kappa shape index (κ2) is 7.95. The van der Waals surface area contributed by atoms with Crippen LogP contribution in [0.5, 0.6) is 0 Å². The number of anilines is 1. The molecule has 4 rings (SSSR count). The zero-order valence-electron chi connectivity index (χ0n) is 16.3. The van der Waals surface area contributed by atoms with Crippen molar-refractivity contribution in [1.29, 1.82) is 0 Å². The van der Waals surface area contributed by atoms with E-state index in [1.807, 2.05) is 0 Å². The molecule has 1 atom stereocenters. The van der Waals surface area contributed by atoms with Gasteiger partial charge in [0.15, 0.2) is 11.6 Å². The minimum absolute atomic E-state index is 0.00143. The maximum Gasteiger partial charge on any atom is 0.337 e. The summed E-state index contributed by atoms with van der Waals surface area (Å²) in [6, 6.07) is 10.8. The predicted octanol–water partition coefficient (Wildman–Crippen LogP) is 3.16. The third kappa shape index (κ3) is 3.43. The van der Waals surface area contributed by atoms with Gasteiger partial charge in [-0.25, -0.2) is 18.5 Å². The summed E-state index contributed by atoms with van der Waals surface area (Å²) in [4.78, 5) is 38.5. The van der Waals surface area contributed by atoms with Crippen LogP contribution in [-0.4, -0.2) is 39.7 Å². The molecule has 0 bridgehead atoms. The molecule has 0 saturated heterocycles. The van der Waals surface area contributed by atoms with Crippen LogP contribution in [0.25, 0.3) is 11.1 Å². The van der Waals surface area contributed by atoms with E-state index in [0.717, 1.165) is 12.1 Å². The number of nitrogens with zero attached hydrogens (tertiary/aromatic N) is 1. The standard InChI is InChI=1S/C23H15F2NO6/c24-17-6-3-11(8-18(17)25)12-1-5-15(23(31)32)19(9-12)26-21(29)14-4-2-13(20(28)10-27)7-16(14)22(26)30/h1-9,20,27-28H,10H2,(H,31,32). The van der Waals surface area contributed by atoms with E-state index in [9.17, 15) is 33.4 Å². The Balaban J connectivity index is 1.84. The fourth-order valence-corrected chi connectivity index (χ4v) is 3.54. The smallest absolute Gasteiger partial charge is 0.337 e. The van der Waals surface area contributed by atoms with Gasteiger partial charge in [-0.3, -0.25) is 9.59 Å². The molecule has 1 heterocycles. The Kier molecular flexibility index (Phi) is 5.29. The number of imide groups is 1. The number of carbonyl (C=O) groups excluding carboxylic acids is 2. The van der Waals surface area contributed by atoms with Gasteiger partial charge in [-0.2, -0.15) is 0 Å². The Hall–Kier alpha value is -3.95. The zero-order chi connectivity index (χ0) is 23.2. The number of hydrogen-bond acceptors (Lipinski definition) is 5. The van der Waals surface area contributed by atoms with Crippen molar-refractivity contribution in [3.05, 3.63) is 88.5 Å². The summed E-state index contributed by atoms with van der Waals surface area (Å²) < 4.78 is 27.0. The van der Waals surface area contributed by atoms with E-state index in [2.05, 4.69) is 0 Å². The first kappa shape index (κ1) is 21.3. The van der Waals surface area contributed by atoms with E-state index in [1.165, 1.54) is 42.5 Å². The molecular formula is C23H15F2NO6. The number of amides is 2. The largest absolute Gasteiger partial charge is 0.478 e. The lowest BCUT2D eigenvalue weighted by Crippen LogP contribution is -2.31. The first-order valence-corrected chi connectivity index (χ1v) is 9.37. The molecule has 2 amide bonds. The Morgan fingerprint density at radius 2 is 1.53 bits per heavy atom. The highest BCUT2D eigenvalue weighted by molar-refractivity contribution is 6.35. The number of carbonyl (C=O) groups is 3. The molecule has 1 unspecified atom stereocenters. The zero-order valence-corrected chi connectivity index (χ0v) is 16.3. The second-order valence-corrected chi connectivity index (χ2v) is 7.12. The molecular weight excluding hydrogens is 424 g/mol. The van der Waals surface area contributed by atoms with Gasteiger partial charge in [0.2, 0.25) is 0 Å². The molecule has 0 spiro atoms. The molecule has 3 aromatic rings. The number of aliphatic hydroxyl groups excluding tert-OH is 2. The summed E-state index contributed by atoms with van der Waals surface area (Å²) in [7, 11) is 0. The fourth-order valence-electron chi connectivity index (χ4n) is 3.54. The molecule has 1 aliphatic rings. The molecule has 0 aromatic heterocycles. The highest BCUT2D eigenvalue weighted by Crippen LogP contribution is 2.35. The van der Waals surface area contributed by atoms with Gasteiger partial charge in [0, 0.05) is 0 Å². The first-order valence-electron chi connectivity index (χ1n) is 9.37. The van der Waals surface area contributed by atoms with Crippen LogP contribution in [0, 0.1) is 11.6 Å². The van der Waals surface area contributed by atoms with Crippen LogP contribution in [0.1, 0.15) is 42.7 Å². The topological polar surface area (TPSA) is 115 Å². The third-order valence-corrected chi connectivity index (χ3v) is 5.19. The summed E-state index contributed by atoms with van der Waals surface area (Å²) in [5.41, 5.74) is 0.0387. The van der Waals surface area contributed by atoms with Crippen LogP contribution in [-0.2, 0) is 0 Å². The lowest BCUT2D eigenvalue weighted by molar-refractivity contribution is 0.0698. The average Bonchev–Trinajstić information content (AvgIpc) is 3.04. The van der Waals surface area contributed by atoms with Crippen LogP contribution in [0.15, 0.2) is 54.6 Å². The van der Waals surface area contributed by atoms with E-state index in [1.54, 1.807) is 0 Å². The Morgan fingerprint density at radius 1 is 0.875 bits per heavy atom. The van der Waals surface area contributed by atoms with Crippen molar-refractivity contribution in [1.82, 2.24) is 0 Å². The Morgan fingerprint density at radius 3 is 2.19 bits per heavy atom.